The first-order chi connectivity index (χ1) is 14.9. The quantitative estimate of drug-likeness (QED) is 0.608. The molecule has 0 radical (unpaired) electrons. The van der Waals surface area contributed by atoms with Crippen LogP contribution in [0.3, 0.4) is 0 Å². The van der Waals surface area contributed by atoms with Gasteiger partial charge in [-0.05, 0) is 36.2 Å². The molecule has 2 aromatic carbocycles. The van der Waals surface area contributed by atoms with E-state index in [1.54, 1.807) is 6.92 Å². The first-order valence-electron chi connectivity index (χ1n) is 10.3. The van der Waals surface area contributed by atoms with Crippen LogP contribution in [0.4, 0.5) is 0 Å². The molecule has 1 saturated heterocycles. The number of benzene rings is 2. The van der Waals surface area contributed by atoms with Gasteiger partial charge in [-0.3, -0.25) is 9.69 Å². The van der Waals surface area contributed by atoms with Crippen LogP contribution in [0, 0.1) is 0 Å². The molecule has 0 aromatic heterocycles. The maximum absolute atomic E-state index is 12.9. The van der Waals surface area contributed by atoms with Crippen LogP contribution in [-0.4, -0.2) is 59.2 Å². The molecule has 168 valence electrons. The van der Waals surface area contributed by atoms with E-state index in [0.29, 0.717) is 25.5 Å². The lowest BCUT2D eigenvalue weighted by atomic mass is 10.1. The summed E-state index contributed by atoms with van der Waals surface area (Å²) in [5.41, 5.74) is 2.17. The number of ether oxygens (including phenoxy) is 2. The zero-order chi connectivity index (χ0) is 22.3. The van der Waals surface area contributed by atoms with Crippen molar-refractivity contribution in [2.45, 2.75) is 24.9 Å². The van der Waals surface area contributed by atoms with Crippen molar-refractivity contribution in [3.8, 4) is 5.75 Å². The lowest BCUT2D eigenvalue weighted by Gasteiger charge is -2.27. The molecule has 0 aliphatic carbocycles. The SMILES string of the molecule is CCNC(=O)c1cc(S(=O)(=O)NCc2ccccc2CN2CCOCC2)ccc1OC. The summed E-state index contributed by atoms with van der Waals surface area (Å²) in [6.07, 6.45) is 0. The van der Waals surface area contributed by atoms with E-state index in [2.05, 4.69) is 14.9 Å². The molecule has 0 spiro atoms. The molecule has 9 heteroatoms. The van der Waals surface area contributed by atoms with Crippen LogP contribution in [0.1, 0.15) is 28.4 Å². The number of nitrogens with zero attached hydrogens (tertiary/aromatic N) is 1. The average molecular weight is 448 g/mol. The fourth-order valence-corrected chi connectivity index (χ4v) is 4.46. The van der Waals surface area contributed by atoms with Crippen LogP contribution in [0.15, 0.2) is 47.4 Å². The molecule has 31 heavy (non-hydrogen) atoms. The molecule has 2 N–H and O–H groups in total. The van der Waals surface area contributed by atoms with Gasteiger partial charge in [0.05, 0.1) is 30.8 Å². The summed E-state index contributed by atoms with van der Waals surface area (Å²) < 4.78 is 39.1. The topological polar surface area (TPSA) is 97.0 Å². The first-order valence-corrected chi connectivity index (χ1v) is 11.8. The van der Waals surface area contributed by atoms with Crippen molar-refractivity contribution >= 4 is 15.9 Å². The number of rotatable bonds is 9. The molecule has 0 bridgehead atoms. The summed E-state index contributed by atoms with van der Waals surface area (Å²) in [4.78, 5) is 14.6. The molecular weight excluding hydrogens is 418 g/mol. The van der Waals surface area contributed by atoms with Crippen LogP contribution in [0.2, 0.25) is 0 Å². The smallest absolute Gasteiger partial charge is 0.255 e. The molecule has 1 aliphatic heterocycles. The molecular formula is C22H29N3O5S. The number of carbonyl (C=O) groups is 1. The Morgan fingerprint density at radius 2 is 1.84 bits per heavy atom. The van der Waals surface area contributed by atoms with E-state index in [4.69, 9.17) is 9.47 Å². The van der Waals surface area contributed by atoms with E-state index >= 15 is 0 Å². The van der Waals surface area contributed by atoms with Crippen molar-refractivity contribution in [2.75, 3.05) is 40.0 Å². The van der Waals surface area contributed by atoms with Gasteiger partial charge in [-0.1, -0.05) is 24.3 Å². The molecule has 1 fully saturated rings. The average Bonchev–Trinajstić information content (AvgIpc) is 2.79. The summed E-state index contributed by atoms with van der Waals surface area (Å²) in [5, 5.41) is 2.67. The third-order valence-electron chi connectivity index (χ3n) is 5.13. The molecule has 0 saturated carbocycles. The first kappa shape index (κ1) is 23.2. The zero-order valence-corrected chi connectivity index (χ0v) is 18.7. The van der Waals surface area contributed by atoms with E-state index in [-0.39, 0.29) is 22.9 Å². The predicted molar refractivity (Wildman–Crippen MR) is 118 cm³/mol. The second kappa shape index (κ2) is 10.7. The van der Waals surface area contributed by atoms with E-state index in [0.717, 1.165) is 30.8 Å². The van der Waals surface area contributed by atoms with Crippen molar-refractivity contribution in [1.82, 2.24) is 14.9 Å². The third-order valence-corrected chi connectivity index (χ3v) is 6.53. The van der Waals surface area contributed by atoms with E-state index in [1.165, 1.54) is 25.3 Å². The van der Waals surface area contributed by atoms with Crippen molar-refractivity contribution < 1.29 is 22.7 Å². The normalized spacial score (nSPS) is 14.9. The van der Waals surface area contributed by atoms with Crippen LogP contribution in [0.5, 0.6) is 5.75 Å². The van der Waals surface area contributed by atoms with Crippen LogP contribution in [0.25, 0.3) is 0 Å². The molecule has 2 aromatic rings. The van der Waals surface area contributed by atoms with Gasteiger partial charge in [-0.25, -0.2) is 13.1 Å². The summed E-state index contributed by atoms with van der Waals surface area (Å²) in [7, 11) is -2.38. The van der Waals surface area contributed by atoms with Crippen molar-refractivity contribution in [3.05, 3.63) is 59.2 Å². The maximum atomic E-state index is 12.9. The lowest BCUT2D eigenvalue weighted by Crippen LogP contribution is -2.36. The second-order valence-electron chi connectivity index (χ2n) is 7.20. The summed E-state index contributed by atoms with van der Waals surface area (Å²) in [5.74, 6) is -0.0620. The molecule has 0 unspecified atom stereocenters. The molecule has 1 amide bonds. The van der Waals surface area contributed by atoms with Gasteiger partial charge in [0.15, 0.2) is 0 Å². The summed E-state index contributed by atoms with van der Waals surface area (Å²) in [6.45, 7) is 6.25. The fraction of sp³-hybridized carbons (Fsp3) is 0.409. The number of methoxy groups -OCH3 is 1. The summed E-state index contributed by atoms with van der Waals surface area (Å²) in [6, 6.07) is 12.1. The van der Waals surface area contributed by atoms with Gasteiger partial charge in [0.25, 0.3) is 5.91 Å². The Bertz CT molecular complexity index is 1000. The Balaban J connectivity index is 1.76. The van der Waals surface area contributed by atoms with Gasteiger partial charge in [-0.2, -0.15) is 0 Å². The second-order valence-corrected chi connectivity index (χ2v) is 8.97. The molecule has 1 aliphatic rings. The number of morpholine rings is 1. The highest BCUT2D eigenvalue weighted by molar-refractivity contribution is 7.89. The Morgan fingerprint density at radius 3 is 2.52 bits per heavy atom. The van der Waals surface area contributed by atoms with E-state index in [9.17, 15) is 13.2 Å². The highest BCUT2D eigenvalue weighted by atomic mass is 32.2. The maximum Gasteiger partial charge on any atom is 0.255 e. The molecule has 0 atom stereocenters. The lowest BCUT2D eigenvalue weighted by molar-refractivity contribution is 0.0341. The Morgan fingerprint density at radius 1 is 1.13 bits per heavy atom. The highest BCUT2D eigenvalue weighted by Crippen LogP contribution is 2.23. The van der Waals surface area contributed by atoms with Gasteiger partial charge in [0, 0.05) is 32.7 Å². The van der Waals surface area contributed by atoms with Gasteiger partial charge in [0.2, 0.25) is 10.0 Å². The number of hydrogen-bond donors (Lipinski definition) is 2. The number of amides is 1. The largest absolute Gasteiger partial charge is 0.496 e. The van der Waals surface area contributed by atoms with Crippen molar-refractivity contribution in [2.24, 2.45) is 0 Å². The Labute approximate surface area is 183 Å². The summed E-state index contributed by atoms with van der Waals surface area (Å²) >= 11 is 0. The standard InChI is InChI=1S/C22H29N3O5S/c1-3-23-22(26)20-14-19(8-9-21(20)29-2)31(27,28)24-15-17-6-4-5-7-18(17)16-25-10-12-30-13-11-25/h4-9,14,24H,3,10-13,15-16H2,1-2H3,(H,23,26). The van der Waals surface area contributed by atoms with Gasteiger partial charge >= 0.3 is 0 Å². The zero-order valence-electron chi connectivity index (χ0n) is 17.9. The van der Waals surface area contributed by atoms with Crippen LogP contribution >= 0.6 is 0 Å². The van der Waals surface area contributed by atoms with Crippen LogP contribution < -0.4 is 14.8 Å². The minimum atomic E-state index is -3.82. The predicted octanol–water partition coefficient (Wildman–Crippen LogP) is 1.76. The molecule has 1 heterocycles. The fourth-order valence-electron chi connectivity index (χ4n) is 3.43. The number of hydrogen-bond acceptors (Lipinski definition) is 6. The van der Waals surface area contributed by atoms with E-state index in [1.807, 2.05) is 24.3 Å². The van der Waals surface area contributed by atoms with Crippen molar-refractivity contribution in [3.63, 3.8) is 0 Å². The van der Waals surface area contributed by atoms with Crippen LogP contribution in [-0.2, 0) is 27.8 Å². The van der Waals surface area contributed by atoms with Crippen molar-refractivity contribution in [1.29, 1.82) is 0 Å². The Kier molecular flexibility index (Phi) is 8.03. The molecule has 8 nitrogen and oxygen atoms in total. The van der Waals surface area contributed by atoms with Gasteiger partial charge in [0.1, 0.15) is 5.75 Å². The van der Waals surface area contributed by atoms with Gasteiger partial charge < -0.3 is 14.8 Å². The Hall–Kier alpha value is -2.46. The number of carbonyl (C=O) groups excluding carboxylic acids is 1. The van der Waals surface area contributed by atoms with Gasteiger partial charge in [-0.15, -0.1) is 0 Å². The van der Waals surface area contributed by atoms with E-state index < -0.39 is 10.0 Å². The minimum Gasteiger partial charge on any atom is -0.496 e. The molecule has 3 rings (SSSR count). The third kappa shape index (κ3) is 6.04. The minimum absolute atomic E-state index is 0.0141. The number of nitrogens with one attached hydrogen (secondary N) is 2. The number of sulfonamides is 1. The highest BCUT2D eigenvalue weighted by Gasteiger charge is 2.20. The monoisotopic (exact) mass is 447 g/mol.